The molecule has 0 spiro atoms. The summed E-state index contributed by atoms with van der Waals surface area (Å²) in [6.07, 6.45) is -0.326. The number of hydrogen-bond acceptors (Lipinski definition) is 3. The first kappa shape index (κ1) is 8.55. The number of carboxylic acid groups (broad SMARTS) is 1. The van der Waals surface area contributed by atoms with Crippen LogP contribution in [0.1, 0.15) is 6.42 Å². The molecule has 4 nitrogen and oxygen atoms in total. The highest BCUT2D eigenvalue weighted by atomic mass is 16.4. The first-order valence-corrected chi connectivity index (χ1v) is 2.47. The van der Waals surface area contributed by atoms with E-state index in [0.29, 0.717) is 0 Å². The zero-order chi connectivity index (χ0) is 8.15. The fraction of sp³-hybridized carbons (Fsp3) is 0.167. The number of carbonyl (C=O) groups is 3. The predicted molar refractivity (Wildman–Crippen MR) is 32.5 cm³/mol. The van der Waals surface area contributed by atoms with Gasteiger partial charge in [0.05, 0.1) is 0 Å². The Bertz CT molecular complexity index is 192. The third kappa shape index (κ3) is 2.76. The maximum Gasteiger partial charge on any atom is 0.331 e. The molecule has 0 atom stereocenters. The normalized spacial score (nSPS) is 8.40. The lowest BCUT2D eigenvalue weighted by atomic mass is 10.2. The summed E-state index contributed by atoms with van der Waals surface area (Å²) < 4.78 is 0. The number of hydrogen-bond donors (Lipinski definition) is 1. The molecular weight excluding hydrogens is 136 g/mol. The highest BCUT2D eigenvalue weighted by molar-refractivity contribution is 6.26. The molecule has 0 aliphatic rings. The minimum absolute atomic E-state index is 0.0775. The average molecular weight is 142 g/mol. The molecule has 0 aliphatic carbocycles. The molecule has 0 fully saturated rings. The number of Topliss-reactive ketones (excluding diaryl/α,β-unsaturated/α-hetero) is 1. The van der Waals surface area contributed by atoms with Crippen LogP contribution in [0.15, 0.2) is 12.2 Å². The number of ketones is 1. The SMILES string of the molecule is C=C(CC(=O)C=O)C(=O)O. The summed E-state index contributed by atoms with van der Waals surface area (Å²) in [5, 5.41) is 8.16. The topological polar surface area (TPSA) is 71.4 Å². The first-order chi connectivity index (χ1) is 4.57. The predicted octanol–water partition coefficient (Wildman–Crippen LogP) is -0.215. The fourth-order valence-electron chi connectivity index (χ4n) is 0.328. The van der Waals surface area contributed by atoms with E-state index in [0.717, 1.165) is 0 Å². The Balaban J connectivity index is 3.92. The Labute approximate surface area is 57.2 Å². The lowest BCUT2D eigenvalue weighted by Gasteiger charge is -1.91. The Kier molecular flexibility index (Phi) is 3.04. The third-order valence-corrected chi connectivity index (χ3v) is 0.822. The lowest BCUT2D eigenvalue weighted by molar-refractivity contribution is -0.134. The van der Waals surface area contributed by atoms with Crippen molar-refractivity contribution >= 4 is 18.0 Å². The van der Waals surface area contributed by atoms with E-state index >= 15 is 0 Å². The summed E-state index contributed by atoms with van der Waals surface area (Å²) in [7, 11) is 0. The summed E-state index contributed by atoms with van der Waals surface area (Å²) in [4.78, 5) is 29.9. The van der Waals surface area contributed by atoms with Gasteiger partial charge in [-0.25, -0.2) is 4.79 Å². The maximum atomic E-state index is 10.2. The second-order valence-electron chi connectivity index (χ2n) is 1.67. The molecule has 0 aliphatic heterocycles. The highest BCUT2D eigenvalue weighted by Crippen LogP contribution is 1.96. The second-order valence-corrected chi connectivity index (χ2v) is 1.67. The van der Waals surface area contributed by atoms with Gasteiger partial charge in [0, 0.05) is 12.0 Å². The van der Waals surface area contributed by atoms with Crippen molar-refractivity contribution in [3.63, 3.8) is 0 Å². The molecule has 54 valence electrons. The van der Waals surface area contributed by atoms with Crippen LogP contribution in [0.4, 0.5) is 0 Å². The Morgan fingerprint density at radius 2 is 2.00 bits per heavy atom. The molecule has 1 N–H and O–H groups in total. The van der Waals surface area contributed by atoms with Gasteiger partial charge in [0.2, 0.25) is 0 Å². The van der Waals surface area contributed by atoms with Crippen LogP contribution in [0.5, 0.6) is 0 Å². The van der Waals surface area contributed by atoms with Gasteiger partial charge in [-0.2, -0.15) is 0 Å². The number of rotatable bonds is 4. The number of carboxylic acids is 1. The quantitative estimate of drug-likeness (QED) is 0.335. The van der Waals surface area contributed by atoms with Crippen LogP contribution in [0, 0.1) is 0 Å². The zero-order valence-corrected chi connectivity index (χ0v) is 5.16. The fourth-order valence-corrected chi connectivity index (χ4v) is 0.328. The molecule has 0 saturated carbocycles. The van der Waals surface area contributed by atoms with E-state index < -0.39 is 18.2 Å². The van der Waals surface area contributed by atoms with Crippen molar-refractivity contribution in [1.29, 1.82) is 0 Å². The zero-order valence-electron chi connectivity index (χ0n) is 5.16. The number of carbonyl (C=O) groups excluding carboxylic acids is 2. The van der Waals surface area contributed by atoms with Gasteiger partial charge in [0.25, 0.3) is 0 Å². The number of aliphatic carboxylic acids is 1. The maximum absolute atomic E-state index is 10.2. The van der Waals surface area contributed by atoms with Gasteiger partial charge in [0.1, 0.15) is 0 Å². The molecule has 0 amide bonds. The monoisotopic (exact) mass is 142 g/mol. The standard InChI is InChI=1S/C6H6O4/c1-4(6(9)10)2-5(8)3-7/h3H,1-2H2,(H,9,10). The van der Waals surface area contributed by atoms with Crippen LogP contribution >= 0.6 is 0 Å². The molecule has 0 aromatic heterocycles. The van der Waals surface area contributed by atoms with Gasteiger partial charge in [-0.1, -0.05) is 6.58 Å². The molecule has 4 heteroatoms. The molecule has 0 aromatic carbocycles. The third-order valence-electron chi connectivity index (χ3n) is 0.822. The second kappa shape index (κ2) is 3.55. The molecule has 0 heterocycles. The minimum Gasteiger partial charge on any atom is -0.478 e. The van der Waals surface area contributed by atoms with E-state index in [1.165, 1.54) is 0 Å². The Hall–Kier alpha value is -1.45. The number of aldehydes is 1. The highest BCUT2D eigenvalue weighted by Gasteiger charge is 2.08. The Morgan fingerprint density at radius 1 is 1.50 bits per heavy atom. The lowest BCUT2D eigenvalue weighted by Crippen LogP contribution is -2.06. The van der Waals surface area contributed by atoms with Crippen LogP contribution in [0.25, 0.3) is 0 Å². The van der Waals surface area contributed by atoms with Gasteiger partial charge in [-0.3, -0.25) is 9.59 Å². The average Bonchev–Trinajstić information content (AvgIpc) is 1.87. The van der Waals surface area contributed by atoms with Crippen LogP contribution in [-0.2, 0) is 14.4 Å². The van der Waals surface area contributed by atoms with Gasteiger partial charge in [-0.05, 0) is 0 Å². The van der Waals surface area contributed by atoms with Gasteiger partial charge in [0.15, 0.2) is 12.1 Å². The van der Waals surface area contributed by atoms with E-state index in [2.05, 4.69) is 6.58 Å². The van der Waals surface area contributed by atoms with Crippen molar-refractivity contribution in [2.75, 3.05) is 0 Å². The summed E-state index contributed by atoms with van der Waals surface area (Å²) in [6, 6.07) is 0. The van der Waals surface area contributed by atoms with E-state index in [1.54, 1.807) is 0 Å². The largest absolute Gasteiger partial charge is 0.478 e. The molecular formula is C6H6O4. The summed E-state index contributed by atoms with van der Waals surface area (Å²) in [6.45, 7) is 3.06. The molecule has 10 heavy (non-hydrogen) atoms. The molecule has 0 aromatic rings. The van der Waals surface area contributed by atoms with Crippen molar-refractivity contribution in [1.82, 2.24) is 0 Å². The van der Waals surface area contributed by atoms with E-state index in [9.17, 15) is 14.4 Å². The van der Waals surface area contributed by atoms with Crippen molar-refractivity contribution in [2.45, 2.75) is 6.42 Å². The minimum atomic E-state index is -1.25. The van der Waals surface area contributed by atoms with E-state index in [1.807, 2.05) is 0 Å². The molecule has 0 unspecified atom stereocenters. The molecule has 0 radical (unpaired) electrons. The van der Waals surface area contributed by atoms with Crippen molar-refractivity contribution in [2.24, 2.45) is 0 Å². The van der Waals surface area contributed by atoms with Crippen LogP contribution < -0.4 is 0 Å². The van der Waals surface area contributed by atoms with Crippen molar-refractivity contribution in [3.8, 4) is 0 Å². The van der Waals surface area contributed by atoms with Gasteiger partial charge < -0.3 is 5.11 Å². The van der Waals surface area contributed by atoms with Crippen molar-refractivity contribution in [3.05, 3.63) is 12.2 Å². The van der Waals surface area contributed by atoms with Crippen LogP contribution in [-0.4, -0.2) is 23.1 Å². The van der Waals surface area contributed by atoms with Crippen LogP contribution in [0.3, 0.4) is 0 Å². The summed E-state index contributed by atoms with van der Waals surface area (Å²) >= 11 is 0. The Morgan fingerprint density at radius 3 is 2.30 bits per heavy atom. The van der Waals surface area contributed by atoms with E-state index in [4.69, 9.17) is 5.11 Å². The van der Waals surface area contributed by atoms with Gasteiger partial charge >= 0.3 is 5.97 Å². The smallest absolute Gasteiger partial charge is 0.331 e. The first-order valence-electron chi connectivity index (χ1n) is 2.47. The summed E-state index contributed by atoms with van der Waals surface area (Å²) in [5.41, 5.74) is -0.267. The van der Waals surface area contributed by atoms with E-state index in [-0.39, 0.29) is 11.9 Å². The molecule has 0 bridgehead atoms. The van der Waals surface area contributed by atoms with Gasteiger partial charge in [-0.15, -0.1) is 0 Å². The summed E-state index contributed by atoms with van der Waals surface area (Å²) in [5.74, 6) is -2.03. The van der Waals surface area contributed by atoms with Crippen LogP contribution in [0.2, 0.25) is 0 Å². The van der Waals surface area contributed by atoms with Crippen molar-refractivity contribution < 1.29 is 19.5 Å². The molecule has 0 rings (SSSR count). The molecule has 0 saturated heterocycles.